The molecule has 1 spiro atoms. The first kappa shape index (κ1) is 17.6. The van der Waals surface area contributed by atoms with Gasteiger partial charge in [0.15, 0.2) is 5.78 Å². The average Bonchev–Trinajstić information content (AvgIpc) is 3.52. The molecule has 28 heavy (non-hydrogen) atoms. The second kappa shape index (κ2) is 4.92. The highest BCUT2D eigenvalue weighted by molar-refractivity contribution is 5.92. The van der Waals surface area contributed by atoms with Crippen molar-refractivity contribution in [3.63, 3.8) is 0 Å². The summed E-state index contributed by atoms with van der Waals surface area (Å²) in [6, 6.07) is 0. The molecule has 0 unspecified atom stereocenters. The zero-order chi connectivity index (χ0) is 19.7. The van der Waals surface area contributed by atoms with Crippen LogP contribution in [0.5, 0.6) is 0 Å². The van der Waals surface area contributed by atoms with Crippen LogP contribution in [-0.4, -0.2) is 39.3 Å². The molecular formula is C23H30O5. The van der Waals surface area contributed by atoms with Crippen molar-refractivity contribution in [2.24, 2.45) is 34.5 Å². The predicted octanol–water partition coefficient (Wildman–Crippen LogP) is 3.10. The Morgan fingerprint density at radius 2 is 2.11 bits per heavy atom. The van der Waals surface area contributed by atoms with Gasteiger partial charge < -0.3 is 14.9 Å². The smallest absolute Gasteiger partial charge is 0.303 e. The Morgan fingerprint density at radius 3 is 2.86 bits per heavy atom. The number of hydrogen-bond acceptors (Lipinski definition) is 4. The largest absolute Gasteiger partial charge is 0.481 e. The highest BCUT2D eigenvalue weighted by atomic mass is 16.6. The lowest BCUT2D eigenvalue weighted by molar-refractivity contribution is -0.144. The molecule has 6 rings (SSSR count). The fraction of sp³-hybridized carbons (Fsp3) is 0.826. The van der Waals surface area contributed by atoms with Crippen LogP contribution in [0.3, 0.4) is 0 Å². The Bertz CT molecular complexity index is 833. The number of aliphatic hydroxyl groups is 1. The molecule has 0 aromatic carbocycles. The van der Waals surface area contributed by atoms with Crippen molar-refractivity contribution < 1.29 is 24.5 Å². The Morgan fingerprint density at radius 1 is 1.32 bits per heavy atom. The van der Waals surface area contributed by atoms with Crippen LogP contribution >= 0.6 is 0 Å². The minimum atomic E-state index is -0.905. The normalized spacial score (nSPS) is 57.9. The predicted molar refractivity (Wildman–Crippen MR) is 100 cm³/mol. The number of ketones is 1. The van der Waals surface area contributed by atoms with E-state index in [-0.39, 0.29) is 34.7 Å². The summed E-state index contributed by atoms with van der Waals surface area (Å²) in [6.45, 7) is 4.54. The Labute approximate surface area is 165 Å². The van der Waals surface area contributed by atoms with E-state index < -0.39 is 11.6 Å². The van der Waals surface area contributed by atoms with Crippen LogP contribution in [0, 0.1) is 34.5 Å². The highest BCUT2D eigenvalue weighted by Crippen LogP contribution is 2.82. The molecule has 1 saturated heterocycles. The molecule has 1 aliphatic heterocycles. The third kappa shape index (κ3) is 1.78. The molecule has 9 atom stereocenters. The van der Waals surface area contributed by atoms with Crippen molar-refractivity contribution in [3.8, 4) is 0 Å². The summed E-state index contributed by atoms with van der Waals surface area (Å²) in [5.74, 6) is 1.36. The lowest BCUT2D eigenvalue weighted by Crippen LogP contribution is -2.60. The van der Waals surface area contributed by atoms with Gasteiger partial charge in [0.2, 0.25) is 0 Å². The molecule has 0 aromatic rings. The second-order valence-electron chi connectivity index (χ2n) is 11.0. The van der Waals surface area contributed by atoms with Gasteiger partial charge in [0, 0.05) is 23.7 Å². The third-order valence-corrected chi connectivity index (χ3v) is 10.2. The van der Waals surface area contributed by atoms with E-state index in [1.807, 2.05) is 6.08 Å². The zero-order valence-corrected chi connectivity index (χ0v) is 16.7. The second-order valence-corrected chi connectivity index (χ2v) is 11.0. The van der Waals surface area contributed by atoms with Crippen molar-refractivity contribution in [2.45, 2.75) is 82.5 Å². The fourth-order valence-corrected chi connectivity index (χ4v) is 8.66. The summed E-state index contributed by atoms with van der Waals surface area (Å²) in [7, 11) is 0. The summed E-state index contributed by atoms with van der Waals surface area (Å²) in [5, 5.41) is 20.8. The van der Waals surface area contributed by atoms with Gasteiger partial charge in [-0.25, -0.2) is 0 Å². The maximum Gasteiger partial charge on any atom is 0.303 e. The Hall–Kier alpha value is -1.20. The van der Waals surface area contributed by atoms with E-state index in [4.69, 9.17) is 4.74 Å². The van der Waals surface area contributed by atoms with Crippen LogP contribution in [0.4, 0.5) is 0 Å². The molecule has 6 aliphatic rings. The van der Waals surface area contributed by atoms with E-state index in [0.29, 0.717) is 42.9 Å². The molecule has 1 heterocycles. The molecule has 0 amide bonds. The number of aliphatic carboxylic acids is 1. The number of carboxylic acid groups (broad SMARTS) is 1. The molecule has 5 nitrogen and oxygen atoms in total. The van der Waals surface area contributed by atoms with Crippen molar-refractivity contribution in [3.05, 3.63) is 11.6 Å². The zero-order valence-electron chi connectivity index (χ0n) is 16.7. The van der Waals surface area contributed by atoms with E-state index in [1.165, 1.54) is 5.57 Å². The molecule has 0 radical (unpaired) electrons. The van der Waals surface area contributed by atoms with Gasteiger partial charge in [-0.2, -0.15) is 0 Å². The lowest BCUT2D eigenvalue weighted by atomic mass is 9.46. The van der Waals surface area contributed by atoms with E-state index in [0.717, 1.165) is 25.7 Å². The molecule has 0 bridgehead atoms. The van der Waals surface area contributed by atoms with Crippen LogP contribution in [0.2, 0.25) is 0 Å². The summed E-state index contributed by atoms with van der Waals surface area (Å²) < 4.78 is 6.62. The number of hydrogen-bond donors (Lipinski definition) is 2. The summed E-state index contributed by atoms with van der Waals surface area (Å²) >= 11 is 0. The number of fused-ring (bicyclic) bond motifs is 6. The fourth-order valence-electron chi connectivity index (χ4n) is 8.66. The molecule has 2 N–H and O–H groups in total. The van der Waals surface area contributed by atoms with Crippen molar-refractivity contribution in [2.75, 3.05) is 0 Å². The number of carboxylic acids is 1. The summed E-state index contributed by atoms with van der Waals surface area (Å²) in [4.78, 5) is 23.3. The number of rotatable bonds is 3. The van der Waals surface area contributed by atoms with Gasteiger partial charge in [0.25, 0.3) is 0 Å². The quantitative estimate of drug-likeness (QED) is 0.728. The number of carbonyl (C=O) groups is 2. The Balaban J connectivity index is 1.40. The first-order valence-corrected chi connectivity index (χ1v) is 11.0. The first-order chi connectivity index (χ1) is 13.2. The number of carbonyl (C=O) groups excluding carboxylic acids is 1. The van der Waals surface area contributed by atoms with Gasteiger partial charge in [-0.3, -0.25) is 9.59 Å². The summed E-state index contributed by atoms with van der Waals surface area (Å²) in [6.07, 6.45) is 7.59. The molecule has 5 heteroatoms. The first-order valence-electron chi connectivity index (χ1n) is 11.0. The van der Waals surface area contributed by atoms with Gasteiger partial charge in [0.1, 0.15) is 5.60 Å². The molecular weight excluding hydrogens is 356 g/mol. The summed E-state index contributed by atoms with van der Waals surface area (Å²) in [5.41, 5.74) is -0.0168. The van der Waals surface area contributed by atoms with E-state index in [9.17, 15) is 19.8 Å². The van der Waals surface area contributed by atoms with Crippen molar-refractivity contribution in [1.29, 1.82) is 0 Å². The lowest BCUT2D eigenvalue weighted by Gasteiger charge is -2.56. The van der Waals surface area contributed by atoms with Crippen LogP contribution in [0.15, 0.2) is 11.6 Å². The monoisotopic (exact) mass is 386 g/mol. The van der Waals surface area contributed by atoms with E-state index in [1.54, 1.807) is 0 Å². The molecule has 152 valence electrons. The van der Waals surface area contributed by atoms with Crippen LogP contribution in [0.25, 0.3) is 0 Å². The number of ether oxygens (including phenoxy) is 1. The SMILES string of the molecule is C[C@]12CCC(=O)C=C1[C@H]1C[C@@H]1[C@H]1[C@@H]3CC[C@@](O)(CCC(=O)O)[C@@]3(C)C[C@H]3O[C@@]132. The molecule has 5 aliphatic carbocycles. The van der Waals surface area contributed by atoms with Gasteiger partial charge in [0.05, 0.1) is 11.7 Å². The van der Waals surface area contributed by atoms with Crippen LogP contribution in [-0.2, 0) is 14.3 Å². The molecule has 5 fully saturated rings. The third-order valence-electron chi connectivity index (χ3n) is 10.2. The average molecular weight is 386 g/mol. The number of epoxide rings is 1. The highest BCUT2D eigenvalue weighted by Gasteiger charge is 2.84. The van der Waals surface area contributed by atoms with Gasteiger partial charge >= 0.3 is 5.97 Å². The maximum absolute atomic E-state index is 12.1. The minimum Gasteiger partial charge on any atom is -0.481 e. The Kier molecular flexibility index (Phi) is 3.10. The minimum absolute atomic E-state index is 0.0267. The molecule has 4 saturated carbocycles. The van der Waals surface area contributed by atoms with Gasteiger partial charge in [-0.1, -0.05) is 19.4 Å². The van der Waals surface area contributed by atoms with Crippen molar-refractivity contribution >= 4 is 11.8 Å². The van der Waals surface area contributed by atoms with E-state index >= 15 is 0 Å². The maximum atomic E-state index is 12.1. The van der Waals surface area contributed by atoms with Crippen molar-refractivity contribution in [1.82, 2.24) is 0 Å². The van der Waals surface area contributed by atoms with Gasteiger partial charge in [-0.15, -0.1) is 0 Å². The van der Waals surface area contributed by atoms with Crippen LogP contribution < -0.4 is 0 Å². The standard InChI is InChI=1S/C23H30O5/c1-20-6-3-12(24)9-16(20)13-10-14(13)19-15-4-7-22(27,8-5-18(25)26)21(15,2)11-17-23(19,20)28-17/h9,13-15,17,19,27H,3-8,10-11H2,1-2H3,(H,25,26)/t13-,14-,15-,17+,19-,20-,21-,22+,23+/m0/s1. The van der Waals surface area contributed by atoms with Crippen LogP contribution in [0.1, 0.15) is 65.2 Å². The van der Waals surface area contributed by atoms with E-state index in [2.05, 4.69) is 13.8 Å². The van der Waals surface area contributed by atoms with Gasteiger partial charge in [-0.05, 0) is 68.3 Å². The topological polar surface area (TPSA) is 87.1 Å². The molecule has 0 aromatic heterocycles.